The largest absolute Gasteiger partial charge is 0.316 e. The molecule has 238 valence electrons. The number of azo groups is 1. The topological polar surface area (TPSA) is 124 Å². The molecule has 11 heteroatoms. The number of hydrogen-bond acceptors (Lipinski definition) is 7. The van der Waals surface area contributed by atoms with Gasteiger partial charge in [0.25, 0.3) is 16.0 Å². The van der Waals surface area contributed by atoms with Gasteiger partial charge in [0.05, 0.1) is 27.0 Å². The van der Waals surface area contributed by atoms with Gasteiger partial charge in [0.1, 0.15) is 0 Å². The van der Waals surface area contributed by atoms with Crippen LogP contribution in [0.15, 0.2) is 68.8 Å². The number of hydrazone groups is 1. The molecule has 43 heavy (non-hydrogen) atoms. The summed E-state index contributed by atoms with van der Waals surface area (Å²) in [6.07, 6.45) is 10.9. The van der Waals surface area contributed by atoms with Crippen molar-refractivity contribution in [1.82, 2.24) is 5.32 Å². The second-order valence-electron chi connectivity index (χ2n) is 10.9. The highest BCUT2D eigenvalue weighted by Gasteiger charge is 2.36. The van der Waals surface area contributed by atoms with Gasteiger partial charge in [0.2, 0.25) is 0 Å². The van der Waals surface area contributed by atoms with Crippen molar-refractivity contribution in [3.63, 3.8) is 0 Å². The Morgan fingerprint density at radius 3 is 2.07 bits per heavy atom. The first-order valence-electron chi connectivity index (χ1n) is 15.4. The van der Waals surface area contributed by atoms with Crippen molar-refractivity contribution in [3.05, 3.63) is 53.6 Å². The quantitative estimate of drug-likeness (QED) is 0.142. The van der Waals surface area contributed by atoms with Crippen molar-refractivity contribution in [2.75, 3.05) is 18.1 Å². The lowest BCUT2D eigenvalue weighted by atomic mass is 9.97. The third-order valence-electron chi connectivity index (χ3n) is 7.54. The van der Waals surface area contributed by atoms with E-state index in [0.29, 0.717) is 11.4 Å². The van der Waals surface area contributed by atoms with E-state index in [1.165, 1.54) is 70.5 Å². The number of nitrogens with zero attached hydrogens (tertiary/aromatic N) is 4. The second kappa shape index (κ2) is 18.9. The Kier molecular flexibility index (Phi) is 16.0. The molecule has 2 N–H and O–H groups in total. The van der Waals surface area contributed by atoms with Crippen LogP contribution in [0, 0.1) is 11.8 Å². The molecule has 1 heterocycles. The van der Waals surface area contributed by atoms with E-state index in [0.717, 1.165) is 29.0 Å². The summed E-state index contributed by atoms with van der Waals surface area (Å²) in [6.45, 7) is 13.3. The molecule has 3 atom stereocenters. The molecular formula is C32H48ClN5O4S. The highest BCUT2D eigenvalue weighted by Crippen LogP contribution is 2.32. The van der Waals surface area contributed by atoms with E-state index < -0.39 is 27.0 Å². The molecule has 0 saturated carbocycles. The van der Waals surface area contributed by atoms with Gasteiger partial charge in [-0.15, -0.1) is 0 Å². The number of nitrogens with one attached hydrogen (secondary N) is 1. The number of anilines is 1. The number of carbonyl (C=O) groups excluding carboxylic acids is 1. The van der Waals surface area contributed by atoms with Gasteiger partial charge < -0.3 is 5.32 Å². The van der Waals surface area contributed by atoms with E-state index in [1.54, 1.807) is 31.2 Å². The van der Waals surface area contributed by atoms with Crippen LogP contribution in [-0.4, -0.2) is 43.7 Å². The van der Waals surface area contributed by atoms with Gasteiger partial charge in [0, 0.05) is 0 Å². The number of hydrogen-bond donors (Lipinski definition) is 2. The van der Waals surface area contributed by atoms with Crippen molar-refractivity contribution in [1.29, 1.82) is 0 Å². The molecule has 9 nitrogen and oxygen atoms in total. The smallest absolute Gasteiger partial charge is 0.294 e. The van der Waals surface area contributed by atoms with Crippen LogP contribution < -0.4 is 10.3 Å². The fraction of sp³-hybridized carbons (Fsp3) is 0.562. The molecule has 0 spiro atoms. The Morgan fingerprint density at radius 2 is 1.56 bits per heavy atom. The van der Waals surface area contributed by atoms with Crippen LogP contribution in [0.4, 0.5) is 11.4 Å². The van der Waals surface area contributed by atoms with Gasteiger partial charge >= 0.3 is 0 Å². The fourth-order valence-corrected chi connectivity index (χ4v) is 5.37. The minimum Gasteiger partial charge on any atom is -0.316 e. The summed E-state index contributed by atoms with van der Waals surface area (Å²) >= 11 is 6.07. The number of carbonyl (C=O) groups is 1. The molecule has 0 aliphatic carbocycles. The number of halogens is 1. The summed E-state index contributed by atoms with van der Waals surface area (Å²) in [4.78, 5) is 12.2. The molecule has 1 aliphatic heterocycles. The highest BCUT2D eigenvalue weighted by atomic mass is 35.5. The van der Waals surface area contributed by atoms with Crippen molar-refractivity contribution in [2.45, 2.75) is 96.9 Å². The van der Waals surface area contributed by atoms with Crippen LogP contribution in [0.25, 0.3) is 0 Å². The third kappa shape index (κ3) is 12.1. The Labute approximate surface area is 263 Å². The van der Waals surface area contributed by atoms with Gasteiger partial charge in [-0.3, -0.25) is 9.35 Å². The van der Waals surface area contributed by atoms with E-state index in [1.807, 2.05) is 6.07 Å². The molecule has 3 unspecified atom stereocenters. The Bertz CT molecular complexity index is 1290. The summed E-state index contributed by atoms with van der Waals surface area (Å²) < 4.78 is 31.8. The molecule has 0 aromatic heterocycles. The van der Waals surface area contributed by atoms with Gasteiger partial charge in [-0.05, 0) is 75.0 Å². The van der Waals surface area contributed by atoms with E-state index >= 15 is 0 Å². The van der Waals surface area contributed by atoms with E-state index in [2.05, 4.69) is 48.3 Å². The van der Waals surface area contributed by atoms with Crippen LogP contribution in [0.3, 0.4) is 0 Å². The predicted octanol–water partition coefficient (Wildman–Crippen LogP) is 8.47. The molecule has 1 aliphatic rings. The Hall–Kier alpha value is -2.66. The minimum atomic E-state index is -4.45. The lowest BCUT2D eigenvalue weighted by Gasteiger charge is -2.19. The maximum absolute atomic E-state index is 12.6. The van der Waals surface area contributed by atoms with Crippen LogP contribution in [0.1, 0.15) is 86.0 Å². The molecule has 2 aromatic carbocycles. The van der Waals surface area contributed by atoms with Crippen LogP contribution in [0.2, 0.25) is 5.02 Å². The SMILES string of the molecule is CC1=NN(c2cc(S(=O)(=O)O)ccc2Cl)C(=O)C1N=Nc1ccccc1.CCCCC(CC)CNCC(CC)CCCC. The van der Waals surface area contributed by atoms with E-state index in [9.17, 15) is 17.8 Å². The summed E-state index contributed by atoms with van der Waals surface area (Å²) in [5, 5.41) is 16.9. The maximum atomic E-state index is 12.6. The van der Waals surface area contributed by atoms with Crippen molar-refractivity contribution in [2.24, 2.45) is 27.2 Å². The molecule has 0 saturated heterocycles. The zero-order chi connectivity index (χ0) is 31.8. The molecule has 0 fully saturated rings. The first kappa shape index (κ1) is 36.5. The van der Waals surface area contributed by atoms with E-state index in [-0.39, 0.29) is 10.7 Å². The highest BCUT2D eigenvalue weighted by molar-refractivity contribution is 7.85. The summed E-state index contributed by atoms with van der Waals surface area (Å²) in [5.41, 5.74) is 0.990. The van der Waals surface area contributed by atoms with Crippen LogP contribution in [0.5, 0.6) is 0 Å². The molecule has 2 aromatic rings. The zero-order valence-corrected chi connectivity index (χ0v) is 27.7. The number of unbranched alkanes of at least 4 members (excludes halogenated alkanes) is 2. The Balaban J connectivity index is 0.000000332. The molecule has 0 bridgehead atoms. The second-order valence-corrected chi connectivity index (χ2v) is 12.8. The average Bonchev–Trinajstić information content (AvgIpc) is 3.28. The average molecular weight is 634 g/mol. The molecule has 1 amide bonds. The lowest BCUT2D eigenvalue weighted by molar-refractivity contribution is -0.117. The fourth-order valence-electron chi connectivity index (χ4n) is 4.67. The Morgan fingerprint density at radius 1 is 0.977 bits per heavy atom. The van der Waals surface area contributed by atoms with Gasteiger partial charge in [-0.1, -0.05) is 96.0 Å². The number of amides is 1. The zero-order valence-electron chi connectivity index (χ0n) is 26.2. The summed E-state index contributed by atoms with van der Waals surface area (Å²) in [6, 6.07) is 11.4. The maximum Gasteiger partial charge on any atom is 0.294 e. The van der Waals surface area contributed by atoms with Crippen molar-refractivity contribution in [3.8, 4) is 0 Å². The summed E-state index contributed by atoms with van der Waals surface area (Å²) in [7, 11) is -4.45. The third-order valence-corrected chi connectivity index (χ3v) is 8.71. The van der Waals surface area contributed by atoms with Crippen LogP contribution in [-0.2, 0) is 14.9 Å². The van der Waals surface area contributed by atoms with Crippen molar-refractivity contribution < 1.29 is 17.8 Å². The van der Waals surface area contributed by atoms with E-state index in [4.69, 9.17) is 11.6 Å². The van der Waals surface area contributed by atoms with Crippen molar-refractivity contribution >= 4 is 44.7 Å². The first-order chi connectivity index (χ1) is 20.5. The molecular weight excluding hydrogens is 586 g/mol. The van der Waals surface area contributed by atoms with Gasteiger partial charge in [-0.25, -0.2) is 0 Å². The summed E-state index contributed by atoms with van der Waals surface area (Å²) in [5.74, 6) is 1.27. The van der Waals surface area contributed by atoms with Gasteiger partial charge in [0.15, 0.2) is 6.04 Å². The first-order valence-corrected chi connectivity index (χ1v) is 17.2. The number of benzene rings is 2. The minimum absolute atomic E-state index is 0.0311. The molecule has 3 rings (SSSR count). The predicted molar refractivity (Wildman–Crippen MR) is 176 cm³/mol. The lowest BCUT2D eigenvalue weighted by Crippen LogP contribution is -2.30. The number of rotatable bonds is 16. The van der Waals surface area contributed by atoms with Crippen LogP contribution >= 0.6 is 11.6 Å². The monoisotopic (exact) mass is 633 g/mol. The normalized spacial score (nSPS) is 16.6. The van der Waals surface area contributed by atoms with Gasteiger partial charge in [-0.2, -0.15) is 28.8 Å². The standard InChI is InChI=1S/C16H13ClN4O4S.C16H35N/c1-10-15(19-18-11-5-3-2-4-6-11)16(22)21(20-10)14-9-12(26(23,24)25)7-8-13(14)17;1-5-9-11-15(7-3)13-17-14-16(8-4)12-10-6-2/h2-9,15H,1H3,(H,23,24,25);15-17H,5-14H2,1-4H3. The molecule has 0 radical (unpaired) electrons.